The van der Waals surface area contributed by atoms with Crippen molar-refractivity contribution in [1.29, 1.82) is 0 Å². The molecule has 0 bridgehead atoms. The van der Waals surface area contributed by atoms with Crippen molar-refractivity contribution in [2.75, 3.05) is 6.54 Å². The second-order valence-electron chi connectivity index (χ2n) is 3.72. The molecule has 0 heterocycles. The predicted molar refractivity (Wildman–Crippen MR) is 65.6 cm³/mol. The van der Waals surface area contributed by atoms with Crippen LogP contribution in [0, 0.1) is 0 Å². The zero-order valence-corrected chi connectivity index (χ0v) is 10.2. The highest BCUT2D eigenvalue weighted by molar-refractivity contribution is 5.72. The van der Waals surface area contributed by atoms with E-state index >= 15 is 0 Å². The fourth-order valence-electron chi connectivity index (χ4n) is 1.40. The van der Waals surface area contributed by atoms with E-state index in [0.29, 0.717) is 6.54 Å². The highest BCUT2D eigenvalue weighted by Gasteiger charge is 1.99. The zero-order valence-electron chi connectivity index (χ0n) is 10.2. The average Bonchev–Trinajstić information content (AvgIpc) is 2.10. The van der Waals surface area contributed by atoms with Crippen LogP contribution in [0.25, 0.3) is 0 Å². The van der Waals surface area contributed by atoms with E-state index in [1.165, 1.54) is 18.1 Å². The van der Waals surface area contributed by atoms with Gasteiger partial charge in [0, 0.05) is 13.5 Å². The van der Waals surface area contributed by atoms with E-state index in [2.05, 4.69) is 31.0 Å². The molecular formula is C13H21NO. The number of amides is 1. The Labute approximate surface area is 92.8 Å². The normalized spacial score (nSPS) is 12.5. The van der Waals surface area contributed by atoms with Gasteiger partial charge >= 0.3 is 0 Å². The average molecular weight is 207 g/mol. The molecule has 1 N–H and O–H groups in total. The maximum atomic E-state index is 10.7. The first-order valence-corrected chi connectivity index (χ1v) is 5.21. The van der Waals surface area contributed by atoms with Crippen LogP contribution < -0.4 is 5.32 Å². The summed E-state index contributed by atoms with van der Waals surface area (Å²) in [6.45, 7) is 12.1. The molecule has 0 aliphatic rings. The van der Waals surface area contributed by atoms with Crippen molar-refractivity contribution in [2.24, 2.45) is 0 Å². The van der Waals surface area contributed by atoms with Gasteiger partial charge in [0.2, 0.25) is 5.91 Å². The van der Waals surface area contributed by atoms with Crippen LogP contribution >= 0.6 is 0 Å². The number of carbonyl (C=O) groups is 1. The fraction of sp³-hybridized carbons (Fsp3) is 0.462. The third kappa shape index (κ3) is 6.72. The number of nitrogens with one attached hydrogen (secondary N) is 1. The van der Waals surface area contributed by atoms with Gasteiger partial charge < -0.3 is 5.32 Å². The highest BCUT2D eigenvalue weighted by Crippen LogP contribution is 2.14. The van der Waals surface area contributed by atoms with Gasteiger partial charge in [-0.2, -0.15) is 0 Å². The Morgan fingerprint density at radius 3 is 2.33 bits per heavy atom. The number of hydrogen-bond acceptors (Lipinski definition) is 1. The molecule has 0 saturated carbocycles. The topological polar surface area (TPSA) is 29.1 Å². The Hall–Kier alpha value is -1.31. The summed E-state index contributed by atoms with van der Waals surface area (Å²) in [5.41, 5.74) is 3.52. The molecule has 15 heavy (non-hydrogen) atoms. The molecule has 0 aromatic rings. The van der Waals surface area contributed by atoms with Crippen molar-refractivity contribution in [3.05, 3.63) is 35.5 Å². The van der Waals surface area contributed by atoms with Gasteiger partial charge in [-0.25, -0.2) is 0 Å². The minimum atomic E-state index is 0.0204. The Morgan fingerprint density at radius 1 is 1.33 bits per heavy atom. The Morgan fingerprint density at radius 2 is 1.93 bits per heavy atom. The maximum Gasteiger partial charge on any atom is 0.216 e. The number of carbonyl (C=O) groups excluding carboxylic acids is 1. The quantitative estimate of drug-likeness (QED) is 0.690. The van der Waals surface area contributed by atoms with Gasteiger partial charge in [0.25, 0.3) is 0 Å². The molecule has 2 heteroatoms. The first-order chi connectivity index (χ1) is 6.97. The van der Waals surface area contributed by atoms with Gasteiger partial charge in [0.1, 0.15) is 0 Å². The standard InChI is InChI=1S/C13H21NO/c1-6-13(7-8-14-12(5)15)11(4)9-10(2)3/h6,9H,2,7-8H2,1,3-5H3,(H,14,15)/b11-9+,13-6-. The van der Waals surface area contributed by atoms with Crippen LogP contribution in [0.15, 0.2) is 35.5 Å². The second kappa shape index (κ2) is 7.04. The van der Waals surface area contributed by atoms with Crippen LogP contribution in [0.2, 0.25) is 0 Å². The van der Waals surface area contributed by atoms with E-state index in [1.54, 1.807) is 0 Å². The Balaban J connectivity index is 4.27. The van der Waals surface area contributed by atoms with E-state index in [9.17, 15) is 4.79 Å². The summed E-state index contributed by atoms with van der Waals surface area (Å²) in [5.74, 6) is 0.0204. The van der Waals surface area contributed by atoms with E-state index < -0.39 is 0 Å². The van der Waals surface area contributed by atoms with Gasteiger partial charge in [-0.15, -0.1) is 0 Å². The third-order valence-electron chi connectivity index (χ3n) is 2.09. The van der Waals surface area contributed by atoms with Gasteiger partial charge in [0.15, 0.2) is 0 Å². The van der Waals surface area contributed by atoms with E-state index in [0.717, 1.165) is 12.0 Å². The lowest BCUT2D eigenvalue weighted by molar-refractivity contribution is -0.118. The van der Waals surface area contributed by atoms with Crippen molar-refractivity contribution in [2.45, 2.75) is 34.1 Å². The Bertz CT molecular complexity index is 298. The summed E-state index contributed by atoms with van der Waals surface area (Å²) in [6, 6.07) is 0. The first kappa shape index (κ1) is 13.7. The molecule has 0 aromatic carbocycles. The zero-order chi connectivity index (χ0) is 11.8. The van der Waals surface area contributed by atoms with Gasteiger partial charge in [0.05, 0.1) is 0 Å². The smallest absolute Gasteiger partial charge is 0.216 e. The molecule has 84 valence electrons. The van der Waals surface area contributed by atoms with E-state index in [1.807, 2.05) is 13.8 Å². The molecule has 0 aliphatic heterocycles. The number of allylic oxidation sites excluding steroid dienone is 4. The summed E-state index contributed by atoms with van der Waals surface area (Å²) < 4.78 is 0. The van der Waals surface area contributed by atoms with Crippen molar-refractivity contribution >= 4 is 5.91 Å². The SMILES string of the molecule is C=C(C)/C=C(C)/C(=C\C)CCNC(C)=O. The van der Waals surface area contributed by atoms with Crippen molar-refractivity contribution in [1.82, 2.24) is 5.32 Å². The van der Waals surface area contributed by atoms with Crippen LogP contribution in [-0.2, 0) is 4.79 Å². The highest BCUT2D eigenvalue weighted by atomic mass is 16.1. The van der Waals surface area contributed by atoms with Crippen LogP contribution in [0.3, 0.4) is 0 Å². The lowest BCUT2D eigenvalue weighted by Gasteiger charge is -2.08. The molecule has 0 saturated heterocycles. The molecule has 0 rings (SSSR count). The molecule has 0 aliphatic carbocycles. The maximum absolute atomic E-state index is 10.7. The molecule has 0 unspecified atom stereocenters. The molecule has 0 radical (unpaired) electrons. The molecule has 0 atom stereocenters. The third-order valence-corrected chi connectivity index (χ3v) is 2.09. The van der Waals surface area contributed by atoms with Crippen LogP contribution in [0.4, 0.5) is 0 Å². The summed E-state index contributed by atoms with van der Waals surface area (Å²) in [6.07, 6.45) is 5.01. The molecule has 0 aromatic heterocycles. The monoisotopic (exact) mass is 207 g/mol. The molecule has 0 spiro atoms. The van der Waals surface area contributed by atoms with Crippen molar-refractivity contribution in [3.8, 4) is 0 Å². The minimum absolute atomic E-state index is 0.0204. The van der Waals surface area contributed by atoms with Gasteiger partial charge in [-0.3, -0.25) is 4.79 Å². The summed E-state index contributed by atoms with van der Waals surface area (Å²) in [5, 5.41) is 2.79. The predicted octanol–water partition coefficient (Wildman–Crippen LogP) is 2.98. The summed E-state index contributed by atoms with van der Waals surface area (Å²) in [7, 11) is 0. The fourth-order valence-corrected chi connectivity index (χ4v) is 1.40. The molecule has 0 fully saturated rings. The largest absolute Gasteiger partial charge is 0.356 e. The second-order valence-corrected chi connectivity index (χ2v) is 3.72. The van der Waals surface area contributed by atoms with Crippen molar-refractivity contribution in [3.63, 3.8) is 0 Å². The first-order valence-electron chi connectivity index (χ1n) is 5.21. The Kier molecular flexibility index (Phi) is 6.43. The molecule has 1 amide bonds. The van der Waals surface area contributed by atoms with Crippen LogP contribution in [0.5, 0.6) is 0 Å². The minimum Gasteiger partial charge on any atom is -0.356 e. The van der Waals surface area contributed by atoms with E-state index in [4.69, 9.17) is 0 Å². The van der Waals surface area contributed by atoms with Crippen molar-refractivity contribution < 1.29 is 4.79 Å². The van der Waals surface area contributed by atoms with E-state index in [-0.39, 0.29) is 5.91 Å². The lowest BCUT2D eigenvalue weighted by Crippen LogP contribution is -2.21. The van der Waals surface area contributed by atoms with Crippen LogP contribution in [0.1, 0.15) is 34.1 Å². The number of hydrogen-bond donors (Lipinski definition) is 1. The van der Waals surface area contributed by atoms with Crippen LogP contribution in [-0.4, -0.2) is 12.5 Å². The lowest BCUT2D eigenvalue weighted by atomic mass is 10.0. The summed E-state index contributed by atoms with van der Waals surface area (Å²) >= 11 is 0. The number of rotatable bonds is 5. The van der Waals surface area contributed by atoms with Gasteiger partial charge in [-0.1, -0.05) is 24.3 Å². The summed E-state index contributed by atoms with van der Waals surface area (Å²) in [4.78, 5) is 10.7. The molecular weight excluding hydrogens is 186 g/mol. The molecule has 2 nitrogen and oxygen atoms in total. The van der Waals surface area contributed by atoms with Gasteiger partial charge in [-0.05, 0) is 38.3 Å².